The van der Waals surface area contributed by atoms with Crippen molar-refractivity contribution in [1.29, 1.82) is 0 Å². The summed E-state index contributed by atoms with van der Waals surface area (Å²) >= 11 is 0. The highest BCUT2D eigenvalue weighted by Crippen LogP contribution is 2.26. The summed E-state index contributed by atoms with van der Waals surface area (Å²) in [6.45, 7) is 8.30. The van der Waals surface area contributed by atoms with Gasteiger partial charge in [0.05, 0.1) is 30.9 Å². The summed E-state index contributed by atoms with van der Waals surface area (Å²) in [6, 6.07) is 8.61. The fraction of sp³-hybridized carbons (Fsp3) is 0.526. The molecule has 1 atom stereocenters. The van der Waals surface area contributed by atoms with Crippen molar-refractivity contribution in [3.63, 3.8) is 0 Å². The van der Waals surface area contributed by atoms with E-state index >= 15 is 0 Å². The minimum atomic E-state index is -0.239. The number of fused-ring (bicyclic) bond motifs is 2. The molecule has 2 fully saturated rings. The molecule has 0 aliphatic carbocycles. The van der Waals surface area contributed by atoms with Crippen molar-refractivity contribution < 1.29 is 9.84 Å². The number of benzene rings is 1. The summed E-state index contributed by atoms with van der Waals surface area (Å²) in [5, 5.41) is 11.2. The Morgan fingerprint density at radius 1 is 1.25 bits per heavy atom. The number of rotatable bonds is 3. The third-order valence-corrected chi connectivity index (χ3v) is 5.35. The number of hydrogen-bond acceptors (Lipinski definition) is 5. The van der Waals surface area contributed by atoms with E-state index in [1.807, 2.05) is 6.20 Å². The Morgan fingerprint density at radius 2 is 2.17 bits per heavy atom. The van der Waals surface area contributed by atoms with Gasteiger partial charge in [-0.25, -0.2) is 0 Å². The minimum absolute atomic E-state index is 0.151. The van der Waals surface area contributed by atoms with Crippen molar-refractivity contribution in [3.8, 4) is 0 Å². The number of aromatic nitrogens is 1. The van der Waals surface area contributed by atoms with Gasteiger partial charge in [0.15, 0.2) is 0 Å². The number of aliphatic hydroxyl groups excluding tert-OH is 1. The highest BCUT2D eigenvalue weighted by molar-refractivity contribution is 5.79. The number of aliphatic hydroxyl groups is 1. The van der Waals surface area contributed by atoms with Crippen molar-refractivity contribution >= 4 is 10.9 Å². The molecule has 0 radical (unpaired) electrons. The van der Waals surface area contributed by atoms with Crippen LogP contribution in [0, 0.1) is 6.92 Å². The first kappa shape index (κ1) is 16.0. The van der Waals surface area contributed by atoms with Gasteiger partial charge in [0.2, 0.25) is 0 Å². The lowest BCUT2D eigenvalue weighted by atomic mass is 9.94. The number of nitrogens with zero attached hydrogens (tertiary/aromatic N) is 3. The summed E-state index contributed by atoms with van der Waals surface area (Å²) < 4.78 is 5.66. The molecule has 0 amide bonds. The van der Waals surface area contributed by atoms with E-state index in [2.05, 4.69) is 46.0 Å². The first-order valence-corrected chi connectivity index (χ1v) is 8.70. The topological polar surface area (TPSA) is 48.8 Å². The Kier molecular flexibility index (Phi) is 4.26. The zero-order valence-corrected chi connectivity index (χ0v) is 14.2. The van der Waals surface area contributed by atoms with Crippen molar-refractivity contribution in [2.75, 3.05) is 46.0 Å². The van der Waals surface area contributed by atoms with Crippen LogP contribution in [-0.2, 0) is 11.3 Å². The lowest BCUT2D eigenvalue weighted by Gasteiger charge is -2.52. The second-order valence-corrected chi connectivity index (χ2v) is 7.17. The molecule has 5 nitrogen and oxygen atoms in total. The van der Waals surface area contributed by atoms with Crippen LogP contribution >= 0.6 is 0 Å². The number of aryl methyl sites for hydroxylation is 1. The van der Waals surface area contributed by atoms with Gasteiger partial charge < -0.3 is 9.84 Å². The monoisotopic (exact) mass is 327 g/mol. The molecule has 0 spiro atoms. The molecule has 1 aromatic heterocycles. The summed E-state index contributed by atoms with van der Waals surface area (Å²) in [6.07, 6.45) is 1.98. The van der Waals surface area contributed by atoms with E-state index in [0.29, 0.717) is 6.61 Å². The van der Waals surface area contributed by atoms with Gasteiger partial charge in [0.1, 0.15) is 0 Å². The molecule has 128 valence electrons. The van der Waals surface area contributed by atoms with Gasteiger partial charge in [-0.3, -0.25) is 14.8 Å². The van der Waals surface area contributed by atoms with Gasteiger partial charge in [-0.15, -0.1) is 0 Å². The lowest BCUT2D eigenvalue weighted by molar-refractivity contribution is -0.127. The van der Waals surface area contributed by atoms with Crippen molar-refractivity contribution in [1.82, 2.24) is 14.8 Å². The van der Waals surface area contributed by atoms with E-state index in [0.717, 1.165) is 44.8 Å². The number of pyridine rings is 1. The number of piperazine rings is 1. The summed E-state index contributed by atoms with van der Waals surface area (Å²) in [5.41, 5.74) is 3.29. The Labute approximate surface area is 142 Å². The number of morpholine rings is 1. The van der Waals surface area contributed by atoms with Crippen LogP contribution in [0.15, 0.2) is 30.5 Å². The SMILES string of the molecule is Cc1ccc2ncc(CN3CCN4CCOCC4(CO)C3)cc2c1. The Bertz CT molecular complexity index is 736. The van der Waals surface area contributed by atoms with Gasteiger partial charge in [-0.05, 0) is 30.7 Å². The van der Waals surface area contributed by atoms with Crippen LogP contribution in [-0.4, -0.2) is 71.4 Å². The summed E-state index contributed by atoms with van der Waals surface area (Å²) in [7, 11) is 0. The zero-order chi connectivity index (χ0) is 16.6. The second-order valence-electron chi connectivity index (χ2n) is 7.17. The average molecular weight is 327 g/mol. The predicted molar refractivity (Wildman–Crippen MR) is 94.0 cm³/mol. The molecule has 2 aliphatic rings. The van der Waals surface area contributed by atoms with Gasteiger partial charge in [0.25, 0.3) is 0 Å². The molecule has 2 saturated heterocycles. The molecule has 2 aliphatic heterocycles. The summed E-state index contributed by atoms with van der Waals surface area (Å²) in [5.74, 6) is 0. The molecular formula is C19H25N3O2. The van der Waals surface area contributed by atoms with Crippen LogP contribution in [0.5, 0.6) is 0 Å². The van der Waals surface area contributed by atoms with E-state index in [1.54, 1.807) is 0 Å². The molecule has 1 aromatic carbocycles. The Morgan fingerprint density at radius 3 is 3.04 bits per heavy atom. The van der Waals surface area contributed by atoms with Crippen LogP contribution in [0.2, 0.25) is 0 Å². The third-order valence-electron chi connectivity index (χ3n) is 5.35. The lowest BCUT2D eigenvalue weighted by Crippen LogP contribution is -2.68. The molecular weight excluding hydrogens is 302 g/mol. The maximum Gasteiger partial charge on any atom is 0.0805 e. The fourth-order valence-electron chi connectivity index (χ4n) is 3.99. The smallest absolute Gasteiger partial charge is 0.0805 e. The van der Waals surface area contributed by atoms with E-state index < -0.39 is 0 Å². The standard InChI is InChI=1S/C19H25N3O2/c1-15-2-3-18-17(8-15)9-16(10-20-18)11-21-4-5-22-6-7-24-14-19(22,12-21)13-23/h2-3,8-10,23H,4-7,11-14H2,1H3. The van der Waals surface area contributed by atoms with Gasteiger partial charge in [-0.2, -0.15) is 0 Å². The van der Waals surface area contributed by atoms with Crippen LogP contribution < -0.4 is 0 Å². The molecule has 24 heavy (non-hydrogen) atoms. The molecule has 2 aromatic rings. The van der Waals surface area contributed by atoms with Gasteiger partial charge >= 0.3 is 0 Å². The molecule has 1 unspecified atom stereocenters. The van der Waals surface area contributed by atoms with Crippen LogP contribution in [0.4, 0.5) is 0 Å². The molecule has 5 heteroatoms. The third kappa shape index (κ3) is 2.93. The Hall–Kier alpha value is -1.53. The fourth-order valence-corrected chi connectivity index (χ4v) is 3.99. The molecule has 0 saturated carbocycles. The van der Waals surface area contributed by atoms with Crippen molar-refractivity contribution in [2.24, 2.45) is 0 Å². The van der Waals surface area contributed by atoms with E-state index in [-0.39, 0.29) is 12.1 Å². The molecule has 3 heterocycles. The first-order valence-electron chi connectivity index (χ1n) is 8.70. The van der Waals surface area contributed by atoms with E-state index in [4.69, 9.17) is 4.74 Å². The maximum absolute atomic E-state index is 9.97. The van der Waals surface area contributed by atoms with Crippen molar-refractivity contribution in [3.05, 3.63) is 41.6 Å². The largest absolute Gasteiger partial charge is 0.394 e. The zero-order valence-electron chi connectivity index (χ0n) is 14.2. The van der Waals surface area contributed by atoms with E-state index in [1.165, 1.54) is 16.5 Å². The van der Waals surface area contributed by atoms with Gasteiger partial charge in [0, 0.05) is 44.3 Å². The maximum atomic E-state index is 9.97. The number of hydrogen-bond donors (Lipinski definition) is 1. The number of ether oxygens (including phenoxy) is 1. The molecule has 0 bridgehead atoms. The Balaban J connectivity index is 1.53. The second kappa shape index (κ2) is 6.41. The average Bonchev–Trinajstić information content (AvgIpc) is 2.61. The molecule has 1 N–H and O–H groups in total. The normalized spacial score (nSPS) is 25.8. The van der Waals surface area contributed by atoms with Crippen LogP contribution in [0.3, 0.4) is 0 Å². The predicted octanol–water partition coefficient (Wildman–Crippen LogP) is 1.42. The minimum Gasteiger partial charge on any atom is -0.394 e. The van der Waals surface area contributed by atoms with E-state index in [9.17, 15) is 5.11 Å². The molecule has 4 rings (SSSR count). The van der Waals surface area contributed by atoms with Crippen LogP contribution in [0.25, 0.3) is 10.9 Å². The summed E-state index contributed by atoms with van der Waals surface area (Å²) in [4.78, 5) is 9.41. The van der Waals surface area contributed by atoms with Crippen molar-refractivity contribution in [2.45, 2.75) is 19.0 Å². The highest BCUT2D eigenvalue weighted by atomic mass is 16.5. The van der Waals surface area contributed by atoms with Gasteiger partial charge in [-0.1, -0.05) is 11.6 Å². The quantitative estimate of drug-likeness (QED) is 0.924. The highest BCUT2D eigenvalue weighted by Gasteiger charge is 2.43. The van der Waals surface area contributed by atoms with Crippen LogP contribution in [0.1, 0.15) is 11.1 Å². The first-order chi connectivity index (χ1) is 11.7.